The number of hydrogen-bond donors (Lipinski definition) is 3. The summed E-state index contributed by atoms with van der Waals surface area (Å²) >= 11 is 0. The molecule has 3 N–H and O–H groups in total. The van der Waals surface area contributed by atoms with Crippen LogP contribution in [-0.2, 0) is 4.74 Å². The maximum Gasteiger partial charge on any atom is 0.319 e. The van der Waals surface area contributed by atoms with Crippen LogP contribution in [0.4, 0.5) is 16.2 Å². The van der Waals surface area contributed by atoms with E-state index < -0.39 is 0 Å². The molecule has 2 aromatic rings. The van der Waals surface area contributed by atoms with E-state index in [0.717, 1.165) is 39.3 Å². The second kappa shape index (κ2) is 10.4. The first-order valence-corrected chi connectivity index (χ1v) is 9.52. The Hall–Kier alpha value is -2.90. The van der Waals surface area contributed by atoms with Crippen molar-refractivity contribution in [2.45, 2.75) is 6.42 Å². The van der Waals surface area contributed by atoms with Crippen molar-refractivity contribution in [3.05, 3.63) is 60.2 Å². The Kier molecular flexibility index (Phi) is 7.40. The van der Waals surface area contributed by atoms with E-state index in [0.29, 0.717) is 23.5 Å². The monoisotopic (exact) mass is 382 g/mol. The standard InChI is InChI=1S/C21H26N4O3/c26-20(17-6-2-1-3-7-17)23-18-8-4-9-19(16-18)24-21(27)22-10-5-11-25-12-14-28-15-13-25/h1-4,6-9,16H,5,10-15H2,(H,23,26)(H2,22,24,27). The van der Waals surface area contributed by atoms with Crippen molar-refractivity contribution in [3.8, 4) is 0 Å². The predicted molar refractivity (Wildman–Crippen MR) is 110 cm³/mol. The Bertz CT molecular complexity index is 776. The number of urea groups is 1. The largest absolute Gasteiger partial charge is 0.379 e. The number of hydrogen-bond acceptors (Lipinski definition) is 4. The van der Waals surface area contributed by atoms with E-state index in [1.807, 2.05) is 18.2 Å². The third-order valence-corrected chi connectivity index (χ3v) is 4.45. The molecule has 28 heavy (non-hydrogen) atoms. The highest BCUT2D eigenvalue weighted by Crippen LogP contribution is 2.16. The summed E-state index contributed by atoms with van der Waals surface area (Å²) < 4.78 is 5.32. The summed E-state index contributed by atoms with van der Waals surface area (Å²) in [6.07, 6.45) is 0.889. The molecule has 3 amide bonds. The topological polar surface area (TPSA) is 82.7 Å². The molecule has 0 unspecified atom stereocenters. The van der Waals surface area contributed by atoms with E-state index >= 15 is 0 Å². The highest BCUT2D eigenvalue weighted by molar-refractivity contribution is 6.04. The molecule has 0 atom stereocenters. The number of carbonyl (C=O) groups excluding carboxylic acids is 2. The lowest BCUT2D eigenvalue weighted by Gasteiger charge is -2.26. The second-order valence-corrected chi connectivity index (χ2v) is 6.59. The van der Waals surface area contributed by atoms with Gasteiger partial charge >= 0.3 is 6.03 Å². The van der Waals surface area contributed by atoms with E-state index in [2.05, 4.69) is 20.9 Å². The molecule has 1 fully saturated rings. The fourth-order valence-electron chi connectivity index (χ4n) is 2.97. The minimum absolute atomic E-state index is 0.190. The van der Waals surface area contributed by atoms with Gasteiger partial charge in [0, 0.05) is 36.6 Å². The zero-order valence-electron chi connectivity index (χ0n) is 15.8. The number of anilines is 2. The van der Waals surface area contributed by atoms with Crippen molar-refractivity contribution in [1.82, 2.24) is 10.2 Å². The molecule has 2 aromatic carbocycles. The summed E-state index contributed by atoms with van der Waals surface area (Å²) in [6.45, 7) is 5.02. The third kappa shape index (κ3) is 6.37. The number of nitrogens with zero attached hydrogens (tertiary/aromatic N) is 1. The summed E-state index contributed by atoms with van der Waals surface area (Å²) in [7, 11) is 0. The van der Waals surface area contributed by atoms with Crippen LogP contribution in [0.3, 0.4) is 0 Å². The van der Waals surface area contributed by atoms with Crippen LogP contribution in [0.5, 0.6) is 0 Å². The van der Waals surface area contributed by atoms with Crippen LogP contribution in [0.2, 0.25) is 0 Å². The Balaban J connectivity index is 1.42. The first kappa shape index (κ1) is 19.9. The second-order valence-electron chi connectivity index (χ2n) is 6.59. The Labute approximate surface area is 165 Å². The van der Waals surface area contributed by atoms with Crippen molar-refractivity contribution in [3.63, 3.8) is 0 Å². The Morgan fingerprint density at radius 3 is 2.39 bits per heavy atom. The number of rotatable bonds is 7. The van der Waals surface area contributed by atoms with Gasteiger partial charge in [0.2, 0.25) is 0 Å². The Morgan fingerprint density at radius 2 is 1.64 bits per heavy atom. The lowest BCUT2D eigenvalue weighted by atomic mass is 10.2. The first-order chi connectivity index (χ1) is 13.7. The van der Waals surface area contributed by atoms with Gasteiger partial charge in [0.25, 0.3) is 5.91 Å². The molecule has 0 saturated carbocycles. The number of benzene rings is 2. The van der Waals surface area contributed by atoms with Crippen LogP contribution in [0, 0.1) is 0 Å². The molecule has 0 aliphatic carbocycles. The molecule has 0 radical (unpaired) electrons. The van der Waals surface area contributed by atoms with Crippen LogP contribution in [0.1, 0.15) is 16.8 Å². The molecule has 3 rings (SSSR count). The van der Waals surface area contributed by atoms with Crippen LogP contribution in [-0.4, -0.2) is 56.2 Å². The van der Waals surface area contributed by atoms with Gasteiger partial charge in [-0.05, 0) is 43.3 Å². The molecule has 148 valence electrons. The molecule has 7 nitrogen and oxygen atoms in total. The van der Waals surface area contributed by atoms with Crippen molar-refractivity contribution in [2.24, 2.45) is 0 Å². The molecule has 1 saturated heterocycles. The van der Waals surface area contributed by atoms with E-state index in [9.17, 15) is 9.59 Å². The molecule has 0 aromatic heterocycles. The minimum Gasteiger partial charge on any atom is -0.379 e. The molecule has 0 spiro atoms. The van der Waals surface area contributed by atoms with Gasteiger partial charge in [-0.1, -0.05) is 24.3 Å². The SMILES string of the molecule is O=C(NCCCN1CCOCC1)Nc1cccc(NC(=O)c2ccccc2)c1. The van der Waals surface area contributed by atoms with E-state index in [1.54, 1.807) is 36.4 Å². The summed E-state index contributed by atoms with van der Waals surface area (Å²) in [6, 6.07) is 15.8. The molecule has 7 heteroatoms. The lowest BCUT2D eigenvalue weighted by Crippen LogP contribution is -2.38. The minimum atomic E-state index is -0.256. The van der Waals surface area contributed by atoms with Crippen molar-refractivity contribution in [1.29, 1.82) is 0 Å². The molecular formula is C21H26N4O3. The fourth-order valence-corrected chi connectivity index (χ4v) is 2.97. The average molecular weight is 382 g/mol. The zero-order valence-corrected chi connectivity index (χ0v) is 15.8. The number of ether oxygens (including phenoxy) is 1. The molecule has 1 heterocycles. The quantitative estimate of drug-likeness (QED) is 0.643. The number of carbonyl (C=O) groups is 2. The van der Waals surface area contributed by atoms with Gasteiger partial charge in [-0.3, -0.25) is 9.69 Å². The first-order valence-electron chi connectivity index (χ1n) is 9.52. The molecular weight excluding hydrogens is 356 g/mol. The van der Waals surface area contributed by atoms with Gasteiger partial charge in [0.1, 0.15) is 0 Å². The molecule has 1 aliphatic heterocycles. The average Bonchev–Trinajstić information content (AvgIpc) is 2.73. The molecule has 1 aliphatic rings. The van der Waals surface area contributed by atoms with Crippen molar-refractivity contribution >= 4 is 23.3 Å². The summed E-state index contributed by atoms with van der Waals surface area (Å²) in [5.41, 5.74) is 1.83. The zero-order chi connectivity index (χ0) is 19.6. The summed E-state index contributed by atoms with van der Waals surface area (Å²) in [5.74, 6) is -0.190. The maximum absolute atomic E-state index is 12.2. The number of nitrogens with one attached hydrogen (secondary N) is 3. The van der Waals surface area contributed by atoms with Gasteiger partial charge in [-0.15, -0.1) is 0 Å². The van der Waals surface area contributed by atoms with Gasteiger partial charge in [0.05, 0.1) is 13.2 Å². The van der Waals surface area contributed by atoms with Crippen LogP contribution in [0.15, 0.2) is 54.6 Å². The Morgan fingerprint density at radius 1 is 0.929 bits per heavy atom. The van der Waals surface area contributed by atoms with Crippen molar-refractivity contribution < 1.29 is 14.3 Å². The number of morpholine rings is 1. The van der Waals surface area contributed by atoms with E-state index in [-0.39, 0.29) is 11.9 Å². The highest BCUT2D eigenvalue weighted by atomic mass is 16.5. The predicted octanol–water partition coefficient (Wildman–Crippen LogP) is 2.78. The van der Waals surface area contributed by atoms with E-state index in [1.165, 1.54) is 0 Å². The maximum atomic E-state index is 12.2. The van der Waals surface area contributed by atoms with Gasteiger partial charge < -0.3 is 20.7 Å². The van der Waals surface area contributed by atoms with Gasteiger partial charge in [0.15, 0.2) is 0 Å². The fraction of sp³-hybridized carbons (Fsp3) is 0.333. The highest BCUT2D eigenvalue weighted by Gasteiger charge is 2.10. The van der Waals surface area contributed by atoms with Gasteiger partial charge in [-0.2, -0.15) is 0 Å². The van der Waals surface area contributed by atoms with Gasteiger partial charge in [-0.25, -0.2) is 4.79 Å². The summed E-state index contributed by atoms with van der Waals surface area (Å²) in [4.78, 5) is 26.6. The van der Waals surface area contributed by atoms with Crippen molar-refractivity contribution in [2.75, 3.05) is 50.0 Å². The van der Waals surface area contributed by atoms with Crippen LogP contribution in [0.25, 0.3) is 0 Å². The lowest BCUT2D eigenvalue weighted by molar-refractivity contribution is 0.0375. The summed E-state index contributed by atoms with van der Waals surface area (Å²) in [5, 5.41) is 8.49. The van der Waals surface area contributed by atoms with E-state index in [4.69, 9.17) is 4.74 Å². The number of amides is 3. The van der Waals surface area contributed by atoms with Crippen LogP contribution >= 0.6 is 0 Å². The van der Waals surface area contributed by atoms with Crippen LogP contribution < -0.4 is 16.0 Å². The molecule has 0 bridgehead atoms. The third-order valence-electron chi connectivity index (χ3n) is 4.45. The normalized spacial score (nSPS) is 14.3. The smallest absolute Gasteiger partial charge is 0.319 e.